The summed E-state index contributed by atoms with van der Waals surface area (Å²) in [6.45, 7) is 0.0619. The van der Waals surface area contributed by atoms with Gasteiger partial charge in [-0.3, -0.25) is 4.79 Å². The smallest absolute Gasteiger partial charge is 0.223 e. The van der Waals surface area contributed by atoms with Crippen LogP contribution in [0.15, 0.2) is 17.1 Å². The molecular weight excluding hydrogens is 186 g/mol. The highest BCUT2D eigenvalue weighted by molar-refractivity contribution is 5.26. The molecule has 0 unspecified atom stereocenters. The number of nitrogens with zero attached hydrogens (tertiary/aromatic N) is 1. The monoisotopic (exact) mass is 199 g/mol. The number of hydrogen-bond donors (Lipinski definition) is 3. The fourth-order valence-electron chi connectivity index (χ4n) is 1.29. The minimum absolute atomic E-state index is 0.0826. The lowest BCUT2D eigenvalue weighted by atomic mass is 10.2. The van der Waals surface area contributed by atoms with E-state index in [1.54, 1.807) is 4.57 Å². The Labute approximate surface area is 80.9 Å². The molecule has 0 aliphatic heterocycles. The van der Waals surface area contributed by atoms with Gasteiger partial charge in [-0.05, 0) is 0 Å². The number of aromatic nitrogens is 1. The molecule has 1 aromatic rings. The van der Waals surface area contributed by atoms with Crippen LogP contribution < -0.4 is 5.43 Å². The highest BCUT2D eigenvalue weighted by Crippen LogP contribution is 2.11. The molecule has 0 bridgehead atoms. The zero-order chi connectivity index (χ0) is 10.6. The number of rotatable bonds is 4. The SMILES string of the molecule is O=c1ccn(CCO)c(CCO)c1O. The molecule has 14 heavy (non-hydrogen) atoms. The van der Waals surface area contributed by atoms with Crippen molar-refractivity contribution in [2.45, 2.75) is 13.0 Å². The van der Waals surface area contributed by atoms with Gasteiger partial charge in [0.05, 0.1) is 12.3 Å². The third-order valence-corrected chi connectivity index (χ3v) is 1.95. The number of pyridine rings is 1. The first kappa shape index (κ1) is 10.7. The first-order valence-electron chi connectivity index (χ1n) is 4.33. The summed E-state index contributed by atoms with van der Waals surface area (Å²) in [5.74, 6) is -0.352. The molecule has 5 nitrogen and oxygen atoms in total. The lowest BCUT2D eigenvalue weighted by molar-refractivity contribution is 0.265. The third-order valence-electron chi connectivity index (χ3n) is 1.95. The average Bonchev–Trinajstić information content (AvgIpc) is 2.18. The summed E-state index contributed by atoms with van der Waals surface area (Å²) in [4.78, 5) is 11.1. The van der Waals surface area contributed by atoms with Crippen molar-refractivity contribution in [2.24, 2.45) is 0 Å². The Kier molecular flexibility index (Phi) is 3.67. The van der Waals surface area contributed by atoms with E-state index in [0.717, 1.165) is 0 Å². The van der Waals surface area contributed by atoms with E-state index in [1.807, 2.05) is 0 Å². The van der Waals surface area contributed by atoms with Crippen LogP contribution in [0, 0.1) is 0 Å². The van der Waals surface area contributed by atoms with Crippen molar-refractivity contribution in [2.75, 3.05) is 13.2 Å². The molecule has 78 valence electrons. The van der Waals surface area contributed by atoms with E-state index in [-0.39, 0.29) is 25.4 Å². The molecule has 0 atom stereocenters. The fraction of sp³-hybridized carbons (Fsp3) is 0.444. The topological polar surface area (TPSA) is 82.7 Å². The second-order valence-corrected chi connectivity index (χ2v) is 2.87. The molecule has 1 rings (SSSR count). The van der Waals surface area contributed by atoms with E-state index >= 15 is 0 Å². The molecule has 3 N–H and O–H groups in total. The van der Waals surface area contributed by atoms with Gasteiger partial charge in [0.2, 0.25) is 5.43 Å². The molecule has 5 heteroatoms. The quantitative estimate of drug-likeness (QED) is 0.585. The highest BCUT2D eigenvalue weighted by Gasteiger charge is 2.08. The molecular formula is C9H13NO4. The second kappa shape index (κ2) is 4.78. The van der Waals surface area contributed by atoms with E-state index < -0.39 is 5.43 Å². The van der Waals surface area contributed by atoms with Crippen molar-refractivity contribution in [1.29, 1.82) is 0 Å². The van der Waals surface area contributed by atoms with Crippen LogP contribution >= 0.6 is 0 Å². The standard InChI is InChI=1S/C9H13NO4/c11-5-2-7-9(14)8(13)1-3-10(7)4-6-12/h1,3,11-12,14H,2,4-6H2. The Morgan fingerprint density at radius 2 is 2.00 bits per heavy atom. The van der Waals surface area contributed by atoms with Crippen molar-refractivity contribution in [3.05, 3.63) is 28.2 Å². The Hall–Kier alpha value is -1.33. The minimum Gasteiger partial charge on any atom is -0.503 e. The van der Waals surface area contributed by atoms with Gasteiger partial charge in [0.1, 0.15) is 0 Å². The third kappa shape index (κ3) is 2.12. The highest BCUT2D eigenvalue weighted by atomic mass is 16.3. The fourth-order valence-corrected chi connectivity index (χ4v) is 1.29. The maximum Gasteiger partial charge on any atom is 0.223 e. The van der Waals surface area contributed by atoms with Crippen LogP contribution in [0.4, 0.5) is 0 Å². The Bertz CT molecular complexity index is 358. The van der Waals surface area contributed by atoms with E-state index in [9.17, 15) is 9.90 Å². The maximum absolute atomic E-state index is 11.1. The van der Waals surface area contributed by atoms with Gasteiger partial charge in [0, 0.05) is 31.8 Å². The summed E-state index contributed by atoms with van der Waals surface area (Å²) < 4.78 is 1.55. The van der Waals surface area contributed by atoms with E-state index in [4.69, 9.17) is 10.2 Å². The van der Waals surface area contributed by atoms with Crippen molar-refractivity contribution in [1.82, 2.24) is 4.57 Å². The lowest BCUT2D eigenvalue weighted by Gasteiger charge is -2.12. The van der Waals surface area contributed by atoms with Crippen molar-refractivity contribution >= 4 is 0 Å². The van der Waals surface area contributed by atoms with Crippen LogP contribution in [-0.2, 0) is 13.0 Å². The molecule has 1 heterocycles. The van der Waals surface area contributed by atoms with Crippen molar-refractivity contribution in [3.63, 3.8) is 0 Å². The van der Waals surface area contributed by atoms with Gasteiger partial charge in [0.15, 0.2) is 5.75 Å². The molecule has 0 spiro atoms. The van der Waals surface area contributed by atoms with Crippen LogP contribution in [-0.4, -0.2) is 33.1 Å². The normalized spacial score (nSPS) is 10.4. The van der Waals surface area contributed by atoms with Crippen molar-refractivity contribution in [3.8, 4) is 5.75 Å². The van der Waals surface area contributed by atoms with Gasteiger partial charge in [-0.15, -0.1) is 0 Å². The largest absolute Gasteiger partial charge is 0.503 e. The Balaban J connectivity index is 3.15. The first-order chi connectivity index (χ1) is 6.70. The molecule has 1 aromatic heterocycles. The molecule has 0 radical (unpaired) electrons. The van der Waals surface area contributed by atoms with Gasteiger partial charge >= 0.3 is 0 Å². The summed E-state index contributed by atoms with van der Waals surface area (Å²) >= 11 is 0. The van der Waals surface area contributed by atoms with E-state index in [1.165, 1.54) is 12.3 Å². The van der Waals surface area contributed by atoms with Crippen LogP contribution in [0.2, 0.25) is 0 Å². The van der Waals surface area contributed by atoms with Crippen LogP contribution in [0.1, 0.15) is 5.69 Å². The summed E-state index contributed by atoms with van der Waals surface area (Å²) in [5, 5.41) is 26.9. The zero-order valence-corrected chi connectivity index (χ0v) is 7.68. The maximum atomic E-state index is 11.1. The Morgan fingerprint density at radius 1 is 1.29 bits per heavy atom. The zero-order valence-electron chi connectivity index (χ0n) is 7.68. The number of hydrogen-bond acceptors (Lipinski definition) is 4. The molecule has 0 amide bonds. The average molecular weight is 199 g/mol. The lowest BCUT2D eigenvalue weighted by Crippen LogP contribution is -2.15. The first-order valence-corrected chi connectivity index (χ1v) is 4.33. The van der Waals surface area contributed by atoms with Gasteiger partial charge < -0.3 is 19.9 Å². The molecule has 0 aliphatic carbocycles. The van der Waals surface area contributed by atoms with E-state index in [2.05, 4.69) is 0 Å². The predicted molar refractivity (Wildman–Crippen MR) is 50.2 cm³/mol. The number of aliphatic hydroxyl groups is 2. The molecule has 0 saturated carbocycles. The van der Waals surface area contributed by atoms with Crippen LogP contribution in [0.3, 0.4) is 0 Å². The van der Waals surface area contributed by atoms with Crippen molar-refractivity contribution < 1.29 is 15.3 Å². The van der Waals surface area contributed by atoms with E-state index in [0.29, 0.717) is 12.2 Å². The minimum atomic E-state index is -0.470. The summed E-state index contributed by atoms with van der Waals surface area (Å²) in [6.07, 6.45) is 1.69. The summed E-state index contributed by atoms with van der Waals surface area (Å²) in [7, 11) is 0. The number of aliphatic hydroxyl groups excluding tert-OH is 2. The molecule has 0 aromatic carbocycles. The number of aromatic hydroxyl groups is 1. The van der Waals surface area contributed by atoms with Crippen LogP contribution in [0.25, 0.3) is 0 Å². The van der Waals surface area contributed by atoms with Gasteiger partial charge in [-0.1, -0.05) is 0 Å². The summed E-state index contributed by atoms with van der Waals surface area (Å²) in [6, 6.07) is 1.23. The molecule has 0 saturated heterocycles. The molecule has 0 fully saturated rings. The van der Waals surface area contributed by atoms with Gasteiger partial charge in [-0.25, -0.2) is 0 Å². The summed E-state index contributed by atoms with van der Waals surface area (Å²) in [5.41, 5.74) is -0.114. The predicted octanol–water partition coefficient (Wildman–Crippen LogP) is -0.919. The molecule has 0 aliphatic rings. The van der Waals surface area contributed by atoms with Crippen LogP contribution in [0.5, 0.6) is 5.75 Å². The second-order valence-electron chi connectivity index (χ2n) is 2.87. The van der Waals surface area contributed by atoms with Gasteiger partial charge in [0.25, 0.3) is 0 Å². The Morgan fingerprint density at radius 3 is 2.57 bits per heavy atom. The van der Waals surface area contributed by atoms with Gasteiger partial charge in [-0.2, -0.15) is 0 Å².